The van der Waals surface area contributed by atoms with Crippen LogP contribution in [0.25, 0.3) is 12.2 Å². The maximum atomic E-state index is 12.0. The van der Waals surface area contributed by atoms with Gasteiger partial charge in [0.25, 0.3) is 0 Å². The van der Waals surface area contributed by atoms with Crippen LogP contribution in [0.1, 0.15) is 21.9 Å². The predicted molar refractivity (Wildman–Crippen MR) is 65.5 cm³/mol. The average molecular weight is 299 g/mol. The van der Waals surface area contributed by atoms with E-state index < -0.39 is 12.3 Å². The summed E-state index contributed by atoms with van der Waals surface area (Å²) in [6, 6.07) is 5.12. The van der Waals surface area contributed by atoms with Gasteiger partial charge in [-0.2, -0.15) is 0 Å². The van der Waals surface area contributed by atoms with E-state index in [0.717, 1.165) is 18.4 Å². The summed E-state index contributed by atoms with van der Waals surface area (Å²) in [5.41, 5.74) is 0.336. The number of oxazole rings is 1. The zero-order chi connectivity index (χ0) is 15.5. The van der Waals surface area contributed by atoms with Crippen molar-refractivity contribution in [3.8, 4) is 5.75 Å². The summed E-state index contributed by atoms with van der Waals surface area (Å²) in [6.45, 7) is 0. The van der Waals surface area contributed by atoms with E-state index in [0.29, 0.717) is 5.56 Å². The zero-order valence-electron chi connectivity index (χ0n) is 10.3. The number of benzene rings is 1. The van der Waals surface area contributed by atoms with Crippen LogP contribution < -0.4 is 4.74 Å². The van der Waals surface area contributed by atoms with Crippen LogP contribution >= 0.6 is 0 Å². The maximum absolute atomic E-state index is 12.0. The fourth-order valence-corrected chi connectivity index (χ4v) is 1.41. The number of nitrogens with zero attached hydrogens (tertiary/aromatic N) is 1. The standard InChI is InChI=1S/C13H8F3NO4/c14-13(15,16)21-9-4-1-8(2-5-9)3-6-11-17-10(7-20-11)12(18)19/h1-7H,(H,18,19)/b6-3+. The number of ether oxygens (including phenoxy) is 1. The lowest BCUT2D eigenvalue weighted by Gasteiger charge is -2.08. The average Bonchev–Trinajstić information content (AvgIpc) is 2.85. The number of carbonyl (C=O) groups is 1. The van der Waals surface area contributed by atoms with Crippen molar-refractivity contribution in [3.05, 3.63) is 47.7 Å². The van der Waals surface area contributed by atoms with E-state index in [1.807, 2.05) is 0 Å². The lowest BCUT2D eigenvalue weighted by atomic mass is 10.2. The zero-order valence-corrected chi connectivity index (χ0v) is 10.3. The lowest BCUT2D eigenvalue weighted by molar-refractivity contribution is -0.274. The molecule has 0 bridgehead atoms. The number of hydrogen-bond acceptors (Lipinski definition) is 4. The van der Waals surface area contributed by atoms with Crippen LogP contribution in [0.15, 0.2) is 34.9 Å². The second kappa shape index (κ2) is 5.70. The third-order valence-electron chi connectivity index (χ3n) is 2.27. The molecule has 21 heavy (non-hydrogen) atoms. The van der Waals surface area contributed by atoms with Crippen LogP contribution in [0.5, 0.6) is 5.75 Å². The minimum Gasteiger partial charge on any atom is -0.476 e. The first-order valence-corrected chi connectivity index (χ1v) is 5.56. The fourth-order valence-electron chi connectivity index (χ4n) is 1.41. The van der Waals surface area contributed by atoms with E-state index in [4.69, 9.17) is 9.52 Å². The van der Waals surface area contributed by atoms with Gasteiger partial charge in [0.2, 0.25) is 5.89 Å². The molecule has 0 aliphatic heterocycles. The number of alkyl halides is 3. The molecule has 0 atom stereocenters. The molecule has 1 heterocycles. The van der Waals surface area contributed by atoms with Crippen molar-refractivity contribution in [2.24, 2.45) is 0 Å². The van der Waals surface area contributed by atoms with Crippen molar-refractivity contribution < 1.29 is 32.2 Å². The molecule has 1 aromatic heterocycles. The second-order valence-electron chi connectivity index (χ2n) is 3.83. The summed E-state index contributed by atoms with van der Waals surface area (Å²) in [4.78, 5) is 14.3. The Kier molecular flexibility index (Phi) is 3.97. The first kappa shape index (κ1) is 14.6. The normalized spacial score (nSPS) is 11.8. The molecule has 0 saturated carbocycles. The van der Waals surface area contributed by atoms with Gasteiger partial charge in [-0.3, -0.25) is 0 Å². The van der Waals surface area contributed by atoms with Gasteiger partial charge in [-0.25, -0.2) is 9.78 Å². The molecule has 2 aromatic rings. The number of aromatic nitrogens is 1. The number of carboxylic acids is 1. The van der Waals surface area contributed by atoms with Gasteiger partial charge in [-0.05, 0) is 23.8 Å². The highest BCUT2D eigenvalue weighted by Crippen LogP contribution is 2.23. The molecule has 0 spiro atoms. The second-order valence-corrected chi connectivity index (χ2v) is 3.83. The van der Waals surface area contributed by atoms with Gasteiger partial charge in [0, 0.05) is 6.08 Å². The predicted octanol–water partition coefficient (Wildman–Crippen LogP) is 3.44. The maximum Gasteiger partial charge on any atom is 0.573 e. The van der Waals surface area contributed by atoms with E-state index in [-0.39, 0.29) is 17.3 Å². The van der Waals surface area contributed by atoms with E-state index >= 15 is 0 Å². The van der Waals surface area contributed by atoms with Gasteiger partial charge in [-0.1, -0.05) is 12.1 Å². The third kappa shape index (κ3) is 4.37. The Hall–Kier alpha value is -2.77. The molecule has 5 nitrogen and oxygen atoms in total. The summed E-state index contributed by atoms with van der Waals surface area (Å²) in [5.74, 6) is -1.47. The van der Waals surface area contributed by atoms with Crippen molar-refractivity contribution in [1.82, 2.24) is 4.98 Å². The van der Waals surface area contributed by atoms with Gasteiger partial charge in [-0.15, -0.1) is 13.2 Å². The van der Waals surface area contributed by atoms with Gasteiger partial charge in [0.05, 0.1) is 0 Å². The van der Waals surface area contributed by atoms with E-state index in [1.54, 1.807) is 0 Å². The minimum absolute atomic E-state index is 0.0722. The van der Waals surface area contributed by atoms with Crippen LogP contribution in [-0.4, -0.2) is 22.4 Å². The van der Waals surface area contributed by atoms with Crippen molar-refractivity contribution in [3.63, 3.8) is 0 Å². The highest BCUT2D eigenvalue weighted by atomic mass is 19.4. The van der Waals surface area contributed by atoms with Gasteiger partial charge < -0.3 is 14.3 Å². The molecule has 0 radical (unpaired) electrons. The smallest absolute Gasteiger partial charge is 0.476 e. The monoisotopic (exact) mass is 299 g/mol. The molecule has 1 aromatic carbocycles. The molecule has 0 saturated heterocycles. The van der Waals surface area contributed by atoms with Crippen LogP contribution in [0, 0.1) is 0 Å². The summed E-state index contributed by atoms with van der Waals surface area (Å²) in [6.07, 6.45) is -0.841. The van der Waals surface area contributed by atoms with E-state index in [9.17, 15) is 18.0 Å². The largest absolute Gasteiger partial charge is 0.573 e. The van der Waals surface area contributed by atoms with Crippen molar-refractivity contribution >= 4 is 18.1 Å². The minimum atomic E-state index is -4.73. The van der Waals surface area contributed by atoms with Crippen molar-refractivity contribution in [1.29, 1.82) is 0 Å². The highest BCUT2D eigenvalue weighted by molar-refractivity contribution is 5.85. The Balaban J connectivity index is 2.05. The topological polar surface area (TPSA) is 72.6 Å². The number of rotatable bonds is 4. The molecular weight excluding hydrogens is 291 g/mol. The lowest BCUT2D eigenvalue weighted by Crippen LogP contribution is -2.16. The molecule has 0 unspecified atom stereocenters. The molecule has 2 rings (SSSR count). The molecule has 0 aliphatic carbocycles. The molecule has 110 valence electrons. The summed E-state index contributed by atoms with van der Waals surface area (Å²) < 4.78 is 44.5. The van der Waals surface area contributed by atoms with E-state index in [1.165, 1.54) is 24.3 Å². The Morgan fingerprint density at radius 2 is 1.90 bits per heavy atom. The van der Waals surface area contributed by atoms with Gasteiger partial charge >= 0.3 is 12.3 Å². The number of aromatic carboxylic acids is 1. The number of carboxylic acid groups (broad SMARTS) is 1. The van der Waals surface area contributed by atoms with Crippen LogP contribution in [0.3, 0.4) is 0 Å². The Morgan fingerprint density at radius 1 is 1.24 bits per heavy atom. The van der Waals surface area contributed by atoms with Gasteiger partial charge in [0.15, 0.2) is 5.69 Å². The summed E-state index contributed by atoms with van der Waals surface area (Å²) in [7, 11) is 0. The third-order valence-corrected chi connectivity index (χ3v) is 2.27. The summed E-state index contributed by atoms with van der Waals surface area (Å²) in [5, 5.41) is 8.65. The van der Waals surface area contributed by atoms with Crippen molar-refractivity contribution in [2.75, 3.05) is 0 Å². The van der Waals surface area contributed by atoms with Crippen LogP contribution in [-0.2, 0) is 0 Å². The first-order chi connectivity index (χ1) is 9.83. The molecule has 0 aliphatic rings. The molecule has 1 N–H and O–H groups in total. The number of halogens is 3. The van der Waals surface area contributed by atoms with Crippen LogP contribution in [0.2, 0.25) is 0 Å². The Labute approximate surface area is 116 Å². The quantitative estimate of drug-likeness (QED) is 0.936. The Bertz CT molecular complexity index is 659. The van der Waals surface area contributed by atoms with E-state index in [2.05, 4.69) is 9.72 Å². The molecule has 8 heteroatoms. The molecule has 0 fully saturated rings. The Morgan fingerprint density at radius 3 is 2.43 bits per heavy atom. The molecular formula is C13H8F3NO4. The first-order valence-electron chi connectivity index (χ1n) is 5.56. The SMILES string of the molecule is O=C(O)c1coc(/C=C/c2ccc(OC(F)(F)F)cc2)n1. The van der Waals surface area contributed by atoms with Crippen LogP contribution in [0.4, 0.5) is 13.2 Å². The highest BCUT2D eigenvalue weighted by Gasteiger charge is 2.30. The summed E-state index contributed by atoms with van der Waals surface area (Å²) >= 11 is 0. The van der Waals surface area contributed by atoms with Gasteiger partial charge in [0.1, 0.15) is 12.0 Å². The molecule has 0 amide bonds. The fraction of sp³-hybridized carbons (Fsp3) is 0.0769. The number of hydrogen-bond donors (Lipinski definition) is 1. The van der Waals surface area contributed by atoms with Crippen molar-refractivity contribution in [2.45, 2.75) is 6.36 Å².